The van der Waals surface area contributed by atoms with Gasteiger partial charge in [-0.2, -0.15) is 13.2 Å². The number of nitrogens with zero attached hydrogens (tertiary/aromatic N) is 1. The molecule has 29 heavy (non-hydrogen) atoms. The Hall–Kier alpha value is -2.28. The van der Waals surface area contributed by atoms with Crippen LogP contribution in [0.2, 0.25) is 0 Å². The van der Waals surface area contributed by atoms with Crippen LogP contribution >= 0.6 is 0 Å². The molecule has 0 saturated carbocycles. The Labute approximate surface area is 169 Å². The van der Waals surface area contributed by atoms with Gasteiger partial charge >= 0.3 is 6.18 Å². The van der Waals surface area contributed by atoms with Gasteiger partial charge in [0.15, 0.2) is 6.10 Å². The molecule has 0 unspecified atom stereocenters. The zero-order valence-corrected chi connectivity index (χ0v) is 16.9. The van der Waals surface area contributed by atoms with Crippen molar-refractivity contribution < 1.29 is 22.7 Å². The van der Waals surface area contributed by atoms with Crippen molar-refractivity contribution >= 4 is 16.7 Å². The molecule has 0 radical (unpaired) electrons. The van der Waals surface area contributed by atoms with Crippen LogP contribution in [-0.4, -0.2) is 48.8 Å². The molecule has 2 atom stereocenters. The fourth-order valence-corrected chi connectivity index (χ4v) is 3.63. The predicted octanol–water partition coefficient (Wildman–Crippen LogP) is 4.63. The van der Waals surface area contributed by atoms with Crippen molar-refractivity contribution in [1.82, 2.24) is 10.2 Å². The number of fused-ring (bicyclic) bond motifs is 1. The lowest BCUT2D eigenvalue weighted by Gasteiger charge is -2.42. The summed E-state index contributed by atoms with van der Waals surface area (Å²) in [4.78, 5) is 14.9. The van der Waals surface area contributed by atoms with Gasteiger partial charge in [0, 0.05) is 36.0 Å². The smallest absolute Gasteiger partial charge is 0.425 e. The van der Waals surface area contributed by atoms with E-state index in [9.17, 15) is 18.0 Å². The average molecular weight is 408 g/mol. The molecule has 1 saturated heterocycles. The van der Waals surface area contributed by atoms with E-state index in [4.69, 9.17) is 4.74 Å². The van der Waals surface area contributed by atoms with Crippen LogP contribution < -0.4 is 10.1 Å². The molecule has 1 fully saturated rings. The first-order valence-electron chi connectivity index (χ1n) is 10.0. The Kier molecular flexibility index (Phi) is 6.36. The molecule has 1 amide bonds. The molecular formula is C22H27F3N2O2. The van der Waals surface area contributed by atoms with E-state index in [0.29, 0.717) is 22.3 Å². The minimum atomic E-state index is -4.43. The van der Waals surface area contributed by atoms with Crippen molar-refractivity contribution in [2.24, 2.45) is 5.92 Å². The highest BCUT2D eigenvalue weighted by Gasteiger charge is 2.40. The van der Waals surface area contributed by atoms with Crippen LogP contribution in [-0.2, 0) is 0 Å². The van der Waals surface area contributed by atoms with E-state index < -0.39 is 12.3 Å². The van der Waals surface area contributed by atoms with Crippen LogP contribution in [0, 0.1) is 5.92 Å². The van der Waals surface area contributed by atoms with Gasteiger partial charge in [0.25, 0.3) is 5.91 Å². The minimum Gasteiger partial charge on any atom is -0.480 e. The van der Waals surface area contributed by atoms with E-state index in [1.807, 2.05) is 6.92 Å². The first kappa shape index (κ1) is 21.4. The SMILES string of the molecule is CC[C@H](Oc1cccc2cc(C(=O)N[C@@H](C)C3CN(CC)C3)ccc12)C(F)(F)F. The molecule has 1 aliphatic heterocycles. The van der Waals surface area contributed by atoms with Gasteiger partial charge in [-0.1, -0.05) is 26.0 Å². The zero-order chi connectivity index (χ0) is 21.2. The summed E-state index contributed by atoms with van der Waals surface area (Å²) in [5.41, 5.74) is 0.482. The molecule has 0 aromatic heterocycles. The van der Waals surface area contributed by atoms with E-state index in [0.717, 1.165) is 19.6 Å². The third kappa shape index (κ3) is 4.83. The second-order valence-corrected chi connectivity index (χ2v) is 7.62. The van der Waals surface area contributed by atoms with Crippen molar-refractivity contribution in [2.75, 3.05) is 19.6 Å². The topological polar surface area (TPSA) is 41.6 Å². The lowest BCUT2D eigenvalue weighted by molar-refractivity contribution is -0.195. The average Bonchev–Trinajstić information content (AvgIpc) is 2.63. The Morgan fingerprint density at radius 2 is 1.97 bits per heavy atom. The van der Waals surface area contributed by atoms with Gasteiger partial charge in [0.05, 0.1) is 0 Å². The molecule has 1 heterocycles. The van der Waals surface area contributed by atoms with Crippen LogP contribution in [0.5, 0.6) is 5.75 Å². The summed E-state index contributed by atoms with van der Waals surface area (Å²) in [7, 11) is 0. The highest BCUT2D eigenvalue weighted by atomic mass is 19.4. The molecule has 2 aromatic rings. The molecule has 0 bridgehead atoms. The van der Waals surface area contributed by atoms with E-state index in [2.05, 4.69) is 17.1 Å². The third-order valence-corrected chi connectivity index (χ3v) is 5.61. The normalized spacial score (nSPS) is 17.6. The number of carbonyl (C=O) groups excluding carboxylic acids is 1. The molecule has 7 heteroatoms. The Morgan fingerprint density at radius 3 is 2.59 bits per heavy atom. The Bertz CT molecular complexity index is 863. The Balaban J connectivity index is 1.74. The fraction of sp³-hybridized carbons (Fsp3) is 0.500. The first-order valence-corrected chi connectivity index (χ1v) is 10.0. The van der Waals surface area contributed by atoms with E-state index >= 15 is 0 Å². The minimum absolute atomic E-state index is 0.0627. The molecule has 158 valence electrons. The second kappa shape index (κ2) is 8.61. The van der Waals surface area contributed by atoms with Gasteiger partial charge in [-0.05, 0) is 49.5 Å². The maximum atomic E-state index is 13.1. The standard InChI is InChI=1S/C22H27F3N2O2/c1-4-20(22(23,24)25)29-19-8-6-7-15-11-16(9-10-18(15)19)21(28)26-14(3)17-12-27(5-2)13-17/h6-11,14,17,20H,4-5,12-13H2,1-3H3,(H,26,28)/t14-,20-/m0/s1. The second-order valence-electron chi connectivity index (χ2n) is 7.62. The van der Waals surface area contributed by atoms with Crippen molar-refractivity contribution in [2.45, 2.75) is 45.5 Å². The summed E-state index contributed by atoms with van der Waals surface area (Å²) < 4.78 is 44.4. The number of hydrogen-bond acceptors (Lipinski definition) is 3. The van der Waals surface area contributed by atoms with Gasteiger partial charge in [0.2, 0.25) is 0 Å². The number of hydrogen-bond donors (Lipinski definition) is 1. The summed E-state index contributed by atoms with van der Waals surface area (Å²) in [6, 6.07) is 9.96. The largest absolute Gasteiger partial charge is 0.480 e. The summed E-state index contributed by atoms with van der Waals surface area (Å²) in [6.45, 7) is 8.53. The molecule has 1 N–H and O–H groups in total. The van der Waals surface area contributed by atoms with Crippen LogP contribution in [0.3, 0.4) is 0 Å². The summed E-state index contributed by atoms with van der Waals surface area (Å²) >= 11 is 0. The molecule has 1 aliphatic rings. The number of nitrogens with one attached hydrogen (secondary N) is 1. The number of ether oxygens (including phenoxy) is 1. The number of halogens is 3. The maximum absolute atomic E-state index is 13.1. The third-order valence-electron chi connectivity index (χ3n) is 5.61. The molecule has 0 aliphatic carbocycles. The highest BCUT2D eigenvalue weighted by molar-refractivity contribution is 6.00. The number of carbonyl (C=O) groups is 1. The van der Waals surface area contributed by atoms with E-state index in [-0.39, 0.29) is 24.1 Å². The van der Waals surface area contributed by atoms with Gasteiger partial charge in [0.1, 0.15) is 5.75 Å². The predicted molar refractivity (Wildman–Crippen MR) is 107 cm³/mol. The number of benzene rings is 2. The van der Waals surface area contributed by atoms with E-state index in [1.54, 1.807) is 30.3 Å². The van der Waals surface area contributed by atoms with E-state index in [1.165, 1.54) is 13.0 Å². The van der Waals surface area contributed by atoms with Crippen molar-refractivity contribution in [3.63, 3.8) is 0 Å². The van der Waals surface area contributed by atoms with Gasteiger partial charge in [-0.15, -0.1) is 0 Å². The number of rotatable bonds is 7. The molecule has 3 rings (SSSR count). The van der Waals surface area contributed by atoms with Crippen LogP contribution in [0.4, 0.5) is 13.2 Å². The highest BCUT2D eigenvalue weighted by Crippen LogP contribution is 2.32. The lowest BCUT2D eigenvalue weighted by atomic mass is 9.92. The monoisotopic (exact) mass is 408 g/mol. The van der Waals surface area contributed by atoms with Gasteiger partial charge in [-0.3, -0.25) is 4.79 Å². The number of likely N-dealkylation sites (tertiary alicyclic amines) is 1. The lowest BCUT2D eigenvalue weighted by Crippen LogP contribution is -2.55. The maximum Gasteiger partial charge on any atom is 0.425 e. The number of alkyl halides is 3. The fourth-order valence-electron chi connectivity index (χ4n) is 3.63. The van der Waals surface area contributed by atoms with Crippen molar-refractivity contribution in [3.8, 4) is 5.75 Å². The van der Waals surface area contributed by atoms with Gasteiger partial charge in [-0.25, -0.2) is 0 Å². The quantitative estimate of drug-likeness (QED) is 0.726. The zero-order valence-electron chi connectivity index (χ0n) is 16.9. The van der Waals surface area contributed by atoms with Crippen molar-refractivity contribution in [3.05, 3.63) is 42.0 Å². The summed E-state index contributed by atoms with van der Waals surface area (Å²) in [6.07, 6.45) is -6.46. The first-order chi connectivity index (χ1) is 13.7. The summed E-state index contributed by atoms with van der Waals surface area (Å²) in [5, 5.41) is 4.26. The van der Waals surface area contributed by atoms with Crippen LogP contribution in [0.1, 0.15) is 37.6 Å². The van der Waals surface area contributed by atoms with Crippen LogP contribution in [0.15, 0.2) is 36.4 Å². The molecule has 4 nitrogen and oxygen atoms in total. The number of amides is 1. The molecule has 0 spiro atoms. The molecule has 2 aromatic carbocycles. The van der Waals surface area contributed by atoms with Crippen LogP contribution in [0.25, 0.3) is 10.8 Å². The van der Waals surface area contributed by atoms with Crippen molar-refractivity contribution in [1.29, 1.82) is 0 Å². The van der Waals surface area contributed by atoms with Gasteiger partial charge < -0.3 is 15.0 Å². The molecular weight excluding hydrogens is 381 g/mol. The summed E-state index contributed by atoms with van der Waals surface area (Å²) in [5.74, 6) is 0.427. The Morgan fingerprint density at radius 1 is 1.24 bits per heavy atom.